The Hall–Kier alpha value is -0.260. The van der Waals surface area contributed by atoms with Crippen molar-refractivity contribution < 1.29 is 21.6 Å². The average Bonchev–Trinajstić information content (AvgIpc) is 2.36. The minimum Gasteiger partial charge on any atom is -0.373 e. The van der Waals surface area contributed by atoms with Gasteiger partial charge < -0.3 is 4.74 Å². The zero-order valence-corrected chi connectivity index (χ0v) is 14.9. The van der Waals surface area contributed by atoms with Gasteiger partial charge in [-0.1, -0.05) is 0 Å². The second-order valence-electron chi connectivity index (χ2n) is 6.16. The van der Waals surface area contributed by atoms with E-state index in [4.69, 9.17) is 4.74 Å². The minimum atomic E-state index is -3.64. The summed E-state index contributed by atoms with van der Waals surface area (Å²) in [7, 11) is -6.93. The van der Waals surface area contributed by atoms with Crippen LogP contribution in [0.15, 0.2) is 0 Å². The number of piperidine rings is 1. The van der Waals surface area contributed by atoms with Crippen LogP contribution in [0.1, 0.15) is 26.7 Å². The lowest BCUT2D eigenvalue weighted by molar-refractivity contribution is -0.0445. The maximum atomic E-state index is 12.5. The Morgan fingerprint density at radius 2 is 1.59 bits per heavy atom. The van der Waals surface area contributed by atoms with Gasteiger partial charge in [0, 0.05) is 32.2 Å². The van der Waals surface area contributed by atoms with E-state index < -0.39 is 20.2 Å². The lowest BCUT2D eigenvalue weighted by atomic mass is 10.1. The van der Waals surface area contributed by atoms with E-state index >= 15 is 0 Å². The number of rotatable bonds is 4. The van der Waals surface area contributed by atoms with Crippen LogP contribution in [0.5, 0.6) is 0 Å². The number of nitrogens with one attached hydrogen (secondary N) is 1. The smallest absolute Gasteiger partial charge is 0.279 e. The van der Waals surface area contributed by atoms with Gasteiger partial charge in [-0.3, -0.25) is 0 Å². The Labute approximate surface area is 133 Å². The summed E-state index contributed by atoms with van der Waals surface area (Å²) in [6.07, 6.45) is 2.13. The predicted octanol–water partition coefficient (Wildman–Crippen LogP) is -0.646. The molecule has 2 saturated heterocycles. The van der Waals surface area contributed by atoms with E-state index in [0.29, 0.717) is 32.5 Å². The lowest BCUT2D eigenvalue weighted by Gasteiger charge is -2.37. The normalized spacial score (nSPS) is 33.0. The van der Waals surface area contributed by atoms with Crippen LogP contribution in [0.4, 0.5) is 0 Å². The average molecular weight is 355 g/mol. The van der Waals surface area contributed by atoms with Crippen molar-refractivity contribution in [1.82, 2.24) is 13.3 Å². The molecule has 0 aliphatic carbocycles. The number of hydrogen-bond donors (Lipinski definition) is 1. The van der Waals surface area contributed by atoms with E-state index in [1.54, 1.807) is 0 Å². The summed E-state index contributed by atoms with van der Waals surface area (Å²) in [5.74, 6) is 0. The summed E-state index contributed by atoms with van der Waals surface area (Å²) in [5.41, 5.74) is 0. The van der Waals surface area contributed by atoms with E-state index in [1.807, 2.05) is 13.8 Å². The zero-order chi connectivity index (χ0) is 16.5. The molecule has 0 aromatic rings. The molecule has 0 saturated carbocycles. The fraction of sp³-hybridized carbons (Fsp3) is 1.00. The van der Waals surface area contributed by atoms with E-state index in [-0.39, 0.29) is 24.8 Å². The van der Waals surface area contributed by atoms with Gasteiger partial charge in [-0.2, -0.15) is 17.4 Å². The molecule has 1 N–H and O–H groups in total. The molecule has 22 heavy (non-hydrogen) atoms. The van der Waals surface area contributed by atoms with Crippen LogP contribution in [0, 0.1) is 0 Å². The highest BCUT2D eigenvalue weighted by molar-refractivity contribution is 7.88. The highest BCUT2D eigenvalue weighted by Gasteiger charge is 2.34. The van der Waals surface area contributed by atoms with Gasteiger partial charge in [0.05, 0.1) is 18.5 Å². The largest absolute Gasteiger partial charge is 0.373 e. The van der Waals surface area contributed by atoms with Gasteiger partial charge in [0.2, 0.25) is 10.0 Å². The van der Waals surface area contributed by atoms with Crippen molar-refractivity contribution in [3.05, 3.63) is 0 Å². The molecule has 2 aliphatic rings. The van der Waals surface area contributed by atoms with E-state index in [0.717, 1.165) is 6.26 Å². The summed E-state index contributed by atoms with van der Waals surface area (Å²) in [4.78, 5) is 0. The monoisotopic (exact) mass is 355 g/mol. The van der Waals surface area contributed by atoms with Crippen molar-refractivity contribution in [1.29, 1.82) is 0 Å². The molecule has 2 rings (SSSR count). The molecule has 8 nitrogen and oxygen atoms in total. The molecule has 0 bridgehead atoms. The van der Waals surface area contributed by atoms with Crippen molar-refractivity contribution in [3.63, 3.8) is 0 Å². The highest BCUT2D eigenvalue weighted by atomic mass is 32.2. The number of morpholine rings is 1. The van der Waals surface area contributed by atoms with E-state index in [1.165, 1.54) is 8.61 Å². The fourth-order valence-corrected chi connectivity index (χ4v) is 5.44. The predicted molar refractivity (Wildman–Crippen MR) is 83.1 cm³/mol. The summed E-state index contributed by atoms with van der Waals surface area (Å²) < 4.78 is 59.1. The molecule has 0 radical (unpaired) electrons. The number of hydrogen-bond acceptors (Lipinski definition) is 5. The Morgan fingerprint density at radius 1 is 1.00 bits per heavy atom. The molecule has 2 fully saturated rings. The van der Waals surface area contributed by atoms with Gasteiger partial charge in [-0.15, -0.1) is 0 Å². The van der Waals surface area contributed by atoms with Crippen LogP contribution in [-0.2, 0) is 25.0 Å². The summed E-state index contributed by atoms with van der Waals surface area (Å²) in [6.45, 7) is 4.93. The fourth-order valence-electron chi connectivity index (χ4n) is 2.95. The molecule has 3 atom stereocenters. The first-order valence-corrected chi connectivity index (χ1v) is 10.7. The zero-order valence-electron chi connectivity index (χ0n) is 13.2. The third-order valence-electron chi connectivity index (χ3n) is 3.89. The first-order valence-electron chi connectivity index (χ1n) is 7.46. The first-order chi connectivity index (χ1) is 10.1. The van der Waals surface area contributed by atoms with E-state index in [9.17, 15) is 16.8 Å². The van der Waals surface area contributed by atoms with Crippen LogP contribution in [0.2, 0.25) is 0 Å². The third-order valence-corrected chi connectivity index (χ3v) is 6.77. The Kier molecular flexibility index (Phi) is 5.50. The molecular formula is C12H25N3O5S2. The van der Waals surface area contributed by atoms with Crippen molar-refractivity contribution in [3.8, 4) is 0 Å². The maximum absolute atomic E-state index is 12.5. The molecule has 0 aromatic heterocycles. The Morgan fingerprint density at radius 3 is 2.14 bits per heavy atom. The quantitative estimate of drug-likeness (QED) is 0.723. The van der Waals surface area contributed by atoms with Gasteiger partial charge in [0.15, 0.2) is 0 Å². The van der Waals surface area contributed by atoms with Crippen LogP contribution in [0.3, 0.4) is 0 Å². The molecular weight excluding hydrogens is 330 g/mol. The molecule has 2 aliphatic heterocycles. The van der Waals surface area contributed by atoms with Crippen LogP contribution < -0.4 is 4.72 Å². The topological polar surface area (TPSA) is 96.0 Å². The summed E-state index contributed by atoms with van der Waals surface area (Å²) >= 11 is 0. The summed E-state index contributed by atoms with van der Waals surface area (Å²) in [5, 5.41) is 0. The van der Waals surface area contributed by atoms with Gasteiger partial charge in [0.25, 0.3) is 10.2 Å². The first kappa shape index (κ1) is 18.1. The molecule has 3 unspecified atom stereocenters. The number of nitrogens with zero attached hydrogens (tertiary/aromatic N) is 2. The lowest BCUT2D eigenvalue weighted by Crippen LogP contribution is -2.56. The number of sulfonamides is 1. The summed E-state index contributed by atoms with van der Waals surface area (Å²) in [6, 6.07) is -0.387. The molecule has 0 aromatic carbocycles. The molecule has 0 spiro atoms. The number of ether oxygens (including phenoxy) is 1. The molecule has 10 heteroatoms. The van der Waals surface area contributed by atoms with Crippen LogP contribution in [-0.4, -0.2) is 76.1 Å². The van der Waals surface area contributed by atoms with Crippen molar-refractivity contribution in [2.75, 3.05) is 32.4 Å². The van der Waals surface area contributed by atoms with Crippen molar-refractivity contribution in [2.45, 2.75) is 44.9 Å². The second-order valence-corrected chi connectivity index (χ2v) is 9.84. The third kappa shape index (κ3) is 4.62. The molecule has 0 amide bonds. The Balaban J connectivity index is 2.02. The van der Waals surface area contributed by atoms with Gasteiger partial charge in [0.1, 0.15) is 0 Å². The van der Waals surface area contributed by atoms with Crippen LogP contribution in [0.25, 0.3) is 0 Å². The Bertz CT molecular complexity index is 582. The molecule has 2 heterocycles. The van der Waals surface area contributed by atoms with Crippen molar-refractivity contribution in [2.24, 2.45) is 0 Å². The maximum Gasteiger partial charge on any atom is 0.279 e. The van der Waals surface area contributed by atoms with Crippen LogP contribution >= 0.6 is 0 Å². The van der Waals surface area contributed by atoms with E-state index in [2.05, 4.69) is 4.72 Å². The standard InChI is InChI=1S/C12H25N3O5S2/c1-10-7-15(8-11(2)20-10)22(18,19)13-12-5-4-6-14(9-12)21(3,16)17/h10-13H,4-9H2,1-3H3. The second kappa shape index (κ2) is 6.70. The van der Waals surface area contributed by atoms with Crippen molar-refractivity contribution >= 4 is 20.2 Å². The molecule has 130 valence electrons. The van der Waals surface area contributed by atoms with Gasteiger partial charge in [-0.25, -0.2) is 12.7 Å². The highest BCUT2D eigenvalue weighted by Crippen LogP contribution is 2.17. The van der Waals surface area contributed by atoms with Gasteiger partial charge >= 0.3 is 0 Å². The minimum absolute atomic E-state index is 0.154. The SMILES string of the molecule is CC1CN(S(=O)(=O)NC2CCCN(S(C)(=O)=O)C2)CC(C)O1. The van der Waals surface area contributed by atoms with Gasteiger partial charge in [-0.05, 0) is 26.7 Å².